The van der Waals surface area contributed by atoms with Crippen molar-refractivity contribution in [1.82, 2.24) is 10.6 Å². The molecule has 0 saturated heterocycles. The first-order valence-electron chi connectivity index (χ1n) is 8.40. The number of methoxy groups -OCH3 is 1. The highest BCUT2D eigenvalue weighted by Crippen LogP contribution is 2.37. The summed E-state index contributed by atoms with van der Waals surface area (Å²) in [5, 5.41) is 15.9. The third kappa shape index (κ3) is 6.78. The summed E-state index contributed by atoms with van der Waals surface area (Å²) in [5.74, 6) is 1.36. The zero-order valence-electron chi connectivity index (χ0n) is 14.7. The number of hydrogen-bond donors (Lipinski definition) is 3. The van der Waals surface area contributed by atoms with Crippen LogP contribution < -0.4 is 20.1 Å². The first kappa shape index (κ1) is 21.0. The molecule has 26 heavy (non-hydrogen) atoms. The van der Waals surface area contributed by atoms with Gasteiger partial charge in [0.2, 0.25) is 0 Å². The van der Waals surface area contributed by atoms with Crippen LogP contribution in [0.3, 0.4) is 0 Å². The van der Waals surface area contributed by atoms with Crippen molar-refractivity contribution in [3.05, 3.63) is 57.0 Å². The average Bonchev–Trinajstić information content (AvgIpc) is 2.64. The normalized spacial score (nSPS) is 10.8. The van der Waals surface area contributed by atoms with Gasteiger partial charge in [0.15, 0.2) is 11.5 Å². The van der Waals surface area contributed by atoms with E-state index in [1.54, 1.807) is 7.11 Å². The fraction of sp³-hybridized carbons (Fsp3) is 0.368. The fourth-order valence-corrected chi connectivity index (χ4v) is 3.09. The van der Waals surface area contributed by atoms with Crippen molar-refractivity contribution in [3.8, 4) is 11.5 Å². The number of halogens is 2. The molecule has 0 aromatic heterocycles. The van der Waals surface area contributed by atoms with Crippen LogP contribution in [0.5, 0.6) is 11.5 Å². The summed E-state index contributed by atoms with van der Waals surface area (Å²) in [6.07, 6.45) is 0. The van der Waals surface area contributed by atoms with Crippen LogP contribution in [-0.2, 0) is 13.2 Å². The molecule has 0 atom stereocenters. The maximum Gasteiger partial charge on any atom is 0.175 e. The Hall–Kier alpha value is -1.31. The second-order valence-corrected chi connectivity index (χ2v) is 6.97. The largest absolute Gasteiger partial charge is 0.493 e. The van der Waals surface area contributed by atoms with Gasteiger partial charge in [-0.15, -0.1) is 0 Å². The highest BCUT2D eigenvalue weighted by atomic mass is 79.9. The van der Waals surface area contributed by atoms with Crippen LogP contribution in [0.15, 0.2) is 40.9 Å². The van der Waals surface area contributed by atoms with E-state index in [0.717, 1.165) is 28.7 Å². The molecule has 0 amide bonds. The summed E-state index contributed by atoms with van der Waals surface area (Å²) in [6.45, 7) is 3.53. The molecule has 0 radical (unpaired) electrons. The minimum atomic E-state index is 0.154. The fourth-order valence-electron chi connectivity index (χ4n) is 2.37. The number of aliphatic hydroxyl groups is 1. The number of aliphatic hydroxyl groups excluding tert-OH is 1. The van der Waals surface area contributed by atoms with Gasteiger partial charge in [-0.1, -0.05) is 23.7 Å². The number of nitrogens with one attached hydrogen (secondary N) is 2. The van der Waals surface area contributed by atoms with Gasteiger partial charge in [-0.25, -0.2) is 0 Å². The van der Waals surface area contributed by atoms with Crippen LogP contribution in [0.25, 0.3) is 0 Å². The standard InChI is InChI=1S/C19H24BrClN2O3/c1-25-18-11-15(12-23-7-6-22-8-9-24)10-17(20)19(18)26-13-14-2-4-16(21)5-3-14/h2-5,10-11,22-24H,6-9,12-13H2,1H3. The lowest BCUT2D eigenvalue weighted by Crippen LogP contribution is -2.28. The molecule has 2 rings (SSSR count). The van der Waals surface area contributed by atoms with E-state index in [0.29, 0.717) is 36.2 Å². The van der Waals surface area contributed by atoms with E-state index in [9.17, 15) is 0 Å². The van der Waals surface area contributed by atoms with E-state index >= 15 is 0 Å². The number of ether oxygens (including phenoxy) is 2. The Bertz CT molecular complexity index is 683. The Morgan fingerprint density at radius 2 is 1.77 bits per heavy atom. The summed E-state index contributed by atoms with van der Waals surface area (Å²) in [7, 11) is 1.63. The van der Waals surface area contributed by atoms with E-state index in [-0.39, 0.29) is 6.61 Å². The molecule has 2 aromatic rings. The molecular formula is C19H24BrClN2O3. The summed E-state index contributed by atoms with van der Waals surface area (Å²) in [6, 6.07) is 11.6. The van der Waals surface area contributed by atoms with Gasteiger partial charge in [-0.05, 0) is 51.3 Å². The van der Waals surface area contributed by atoms with Crippen molar-refractivity contribution in [1.29, 1.82) is 0 Å². The average molecular weight is 444 g/mol. The SMILES string of the molecule is COc1cc(CNCCNCCO)cc(Br)c1OCc1ccc(Cl)cc1. The maximum atomic E-state index is 8.72. The molecule has 0 heterocycles. The molecule has 0 aliphatic heterocycles. The highest BCUT2D eigenvalue weighted by molar-refractivity contribution is 9.10. The Morgan fingerprint density at radius 1 is 1.04 bits per heavy atom. The molecule has 3 N–H and O–H groups in total. The van der Waals surface area contributed by atoms with Crippen LogP contribution in [0.4, 0.5) is 0 Å². The molecule has 0 fully saturated rings. The van der Waals surface area contributed by atoms with Gasteiger partial charge < -0.3 is 25.2 Å². The third-order valence-electron chi connectivity index (χ3n) is 3.68. The summed E-state index contributed by atoms with van der Waals surface area (Å²) < 4.78 is 12.3. The number of hydrogen-bond acceptors (Lipinski definition) is 5. The second-order valence-electron chi connectivity index (χ2n) is 5.67. The topological polar surface area (TPSA) is 62.8 Å². The predicted molar refractivity (Wildman–Crippen MR) is 108 cm³/mol. The van der Waals surface area contributed by atoms with Gasteiger partial charge in [0, 0.05) is 31.2 Å². The smallest absolute Gasteiger partial charge is 0.175 e. The molecule has 0 aliphatic carbocycles. The van der Waals surface area contributed by atoms with Gasteiger partial charge in [0.05, 0.1) is 18.2 Å². The Labute approximate surface area is 167 Å². The Balaban J connectivity index is 1.94. The van der Waals surface area contributed by atoms with Crippen molar-refractivity contribution in [2.24, 2.45) is 0 Å². The lowest BCUT2D eigenvalue weighted by Gasteiger charge is -2.15. The van der Waals surface area contributed by atoms with Crippen molar-refractivity contribution in [3.63, 3.8) is 0 Å². The number of rotatable bonds is 11. The van der Waals surface area contributed by atoms with E-state index in [1.807, 2.05) is 36.4 Å². The summed E-state index contributed by atoms with van der Waals surface area (Å²) >= 11 is 9.48. The van der Waals surface area contributed by atoms with Gasteiger partial charge in [-0.3, -0.25) is 0 Å². The number of benzene rings is 2. The van der Waals surface area contributed by atoms with Crippen LogP contribution in [0.2, 0.25) is 5.02 Å². The second kappa shape index (κ2) is 11.4. The van der Waals surface area contributed by atoms with Crippen LogP contribution >= 0.6 is 27.5 Å². The zero-order valence-corrected chi connectivity index (χ0v) is 17.1. The lowest BCUT2D eigenvalue weighted by atomic mass is 10.2. The molecule has 5 nitrogen and oxygen atoms in total. The van der Waals surface area contributed by atoms with Gasteiger partial charge in [0.1, 0.15) is 6.61 Å². The molecule has 0 spiro atoms. The Kier molecular flexibility index (Phi) is 9.22. The Morgan fingerprint density at radius 3 is 2.46 bits per heavy atom. The van der Waals surface area contributed by atoms with Gasteiger partial charge in [0.25, 0.3) is 0 Å². The van der Waals surface area contributed by atoms with Crippen LogP contribution in [-0.4, -0.2) is 38.5 Å². The first-order valence-corrected chi connectivity index (χ1v) is 9.57. The van der Waals surface area contributed by atoms with Crippen molar-refractivity contribution >= 4 is 27.5 Å². The molecule has 0 bridgehead atoms. The van der Waals surface area contributed by atoms with Crippen LogP contribution in [0, 0.1) is 0 Å². The van der Waals surface area contributed by atoms with E-state index in [4.69, 9.17) is 26.2 Å². The molecule has 0 aliphatic rings. The first-order chi connectivity index (χ1) is 12.6. The van der Waals surface area contributed by atoms with Gasteiger partial charge in [-0.2, -0.15) is 0 Å². The molecule has 0 saturated carbocycles. The summed E-state index contributed by atoms with van der Waals surface area (Å²) in [5.41, 5.74) is 2.12. The van der Waals surface area contributed by atoms with Crippen molar-refractivity contribution in [2.45, 2.75) is 13.2 Å². The van der Waals surface area contributed by atoms with Crippen LogP contribution in [0.1, 0.15) is 11.1 Å². The lowest BCUT2D eigenvalue weighted by molar-refractivity contribution is 0.282. The molecule has 0 unspecified atom stereocenters. The third-order valence-corrected chi connectivity index (χ3v) is 4.52. The monoisotopic (exact) mass is 442 g/mol. The van der Waals surface area contributed by atoms with E-state index < -0.39 is 0 Å². The van der Waals surface area contributed by atoms with Crippen molar-refractivity contribution < 1.29 is 14.6 Å². The molecule has 142 valence electrons. The molecular weight excluding hydrogens is 420 g/mol. The minimum absolute atomic E-state index is 0.154. The maximum absolute atomic E-state index is 8.72. The molecule has 7 heteroatoms. The van der Waals surface area contributed by atoms with E-state index in [1.165, 1.54) is 0 Å². The predicted octanol–water partition coefficient (Wildman–Crippen LogP) is 3.36. The zero-order chi connectivity index (χ0) is 18.8. The molecule has 2 aromatic carbocycles. The summed E-state index contributed by atoms with van der Waals surface area (Å²) in [4.78, 5) is 0. The minimum Gasteiger partial charge on any atom is -0.493 e. The highest BCUT2D eigenvalue weighted by Gasteiger charge is 2.12. The van der Waals surface area contributed by atoms with Crippen molar-refractivity contribution in [2.75, 3.05) is 33.4 Å². The quantitative estimate of drug-likeness (QED) is 0.465. The van der Waals surface area contributed by atoms with Gasteiger partial charge >= 0.3 is 0 Å². The van der Waals surface area contributed by atoms with E-state index in [2.05, 4.69) is 26.6 Å².